The first-order valence-electron chi connectivity index (χ1n) is 5.10. The molecule has 0 bridgehead atoms. The minimum absolute atomic E-state index is 0.352. The van der Waals surface area contributed by atoms with Gasteiger partial charge < -0.3 is 10.5 Å². The summed E-state index contributed by atoms with van der Waals surface area (Å²) in [5.41, 5.74) is 9.12. The number of carbonyl (C=O) groups is 1. The summed E-state index contributed by atoms with van der Waals surface area (Å²) in [6.45, 7) is 4.04. The van der Waals surface area contributed by atoms with Crippen LogP contribution in [0, 0.1) is 6.92 Å². The van der Waals surface area contributed by atoms with E-state index in [1.807, 2.05) is 6.92 Å². The highest BCUT2D eigenvalue weighted by Crippen LogP contribution is 2.39. The summed E-state index contributed by atoms with van der Waals surface area (Å²) >= 11 is 2.89. The van der Waals surface area contributed by atoms with Crippen LogP contribution in [-0.4, -0.2) is 17.6 Å². The zero-order chi connectivity index (χ0) is 12.4. The molecule has 2 rings (SSSR count). The SMILES string of the molecule is CCOC(=O)c1sc(-c2cncs2)c(C)c1N. The van der Waals surface area contributed by atoms with Crippen LogP contribution in [0.1, 0.15) is 22.2 Å². The summed E-state index contributed by atoms with van der Waals surface area (Å²) in [6.07, 6.45) is 1.78. The van der Waals surface area contributed by atoms with Crippen LogP contribution in [-0.2, 0) is 4.74 Å². The highest BCUT2D eigenvalue weighted by molar-refractivity contribution is 7.22. The second-order valence-electron chi connectivity index (χ2n) is 3.39. The molecule has 0 amide bonds. The van der Waals surface area contributed by atoms with Gasteiger partial charge in [-0.2, -0.15) is 0 Å². The van der Waals surface area contributed by atoms with Crippen molar-refractivity contribution in [1.82, 2.24) is 4.98 Å². The number of thiazole rings is 1. The molecule has 6 heteroatoms. The van der Waals surface area contributed by atoms with Crippen LogP contribution < -0.4 is 5.73 Å². The van der Waals surface area contributed by atoms with Gasteiger partial charge in [0.2, 0.25) is 0 Å². The molecule has 0 aliphatic carbocycles. The molecule has 4 nitrogen and oxygen atoms in total. The van der Waals surface area contributed by atoms with Crippen LogP contribution in [0.3, 0.4) is 0 Å². The van der Waals surface area contributed by atoms with Crippen molar-refractivity contribution in [3.8, 4) is 9.75 Å². The first-order chi connectivity index (χ1) is 8.15. The second kappa shape index (κ2) is 4.85. The van der Waals surface area contributed by atoms with E-state index in [0.717, 1.165) is 15.3 Å². The Hall–Kier alpha value is -1.40. The van der Waals surface area contributed by atoms with Crippen molar-refractivity contribution in [3.63, 3.8) is 0 Å². The molecule has 0 atom stereocenters. The van der Waals surface area contributed by atoms with Crippen LogP contribution in [0.15, 0.2) is 11.7 Å². The lowest BCUT2D eigenvalue weighted by Crippen LogP contribution is -2.05. The van der Waals surface area contributed by atoms with Gasteiger partial charge in [-0.3, -0.25) is 4.98 Å². The molecule has 90 valence electrons. The largest absolute Gasteiger partial charge is 0.462 e. The highest BCUT2D eigenvalue weighted by atomic mass is 32.1. The Balaban J connectivity index is 2.44. The standard InChI is InChI=1S/C11H12N2O2S2/c1-3-15-11(14)10-8(12)6(2)9(17-10)7-4-13-5-16-7/h4-5H,3,12H2,1-2H3. The van der Waals surface area contributed by atoms with Crippen LogP contribution >= 0.6 is 22.7 Å². The summed E-state index contributed by atoms with van der Waals surface area (Å²) in [7, 11) is 0. The van der Waals surface area contributed by atoms with E-state index in [-0.39, 0.29) is 5.97 Å². The Morgan fingerprint density at radius 2 is 2.35 bits per heavy atom. The Bertz CT molecular complexity index is 532. The lowest BCUT2D eigenvalue weighted by Gasteiger charge is -1.99. The molecule has 0 aromatic carbocycles. The molecular weight excluding hydrogens is 256 g/mol. The third-order valence-electron chi connectivity index (χ3n) is 2.31. The fourth-order valence-electron chi connectivity index (χ4n) is 1.44. The summed E-state index contributed by atoms with van der Waals surface area (Å²) in [5.74, 6) is -0.353. The summed E-state index contributed by atoms with van der Waals surface area (Å²) in [4.78, 5) is 18.2. The van der Waals surface area contributed by atoms with Gasteiger partial charge >= 0.3 is 5.97 Å². The number of rotatable bonds is 3. The molecule has 0 radical (unpaired) electrons. The molecule has 2 heterocycles. The van der Waals surface area contributed by atoms with Crippen molar-refractivity contribution < 1.29 is 9.53 Å². The number of esters is 1. The average Bonchev–Trinajstić information content (AvgIpc) is 2.90. The van der Waals surface area contributed by atoms with Gasteiger partial charge in [0.15, 0.2) is 0 Å². The zero-order valence-corrected chi connectivity index (χ0v) is 11.2. The Morgan fingerprint density at radius 1 is 1.59 bits per heavy atom. The fourth-order valence-corrected chi connectivity index (χ4v) is 3.35. The average molecular weight is 268 g/mol. The monoisotopic (exact) mass is 268 g/mol. The lowest BCUT2D eigenvalue weighted by molar-refractivity contribution is 0.0533. The van der Waals surface area contributed by atoms with Gasteiger partial charge in [-0.25, -0.2) is 4.79 Å². The van der Waals surface area contributed by atoms with E-state index in [1.165, 1.54) is 22.7 Å². The van der Waals surface area contributed by atoms with Crippen molar-refractivity contribution >= 4 is 34.3 Å². The molecule has 0 fully saturated rings. The highest BCUT2D eigenvalue weighted by Gasteiger charge is 2.20. The van der Waals surface area contributed by atoms with Crippen molar-refractivity contribution in [2.24, 2.45) is 0 Å². The van der Waals surface area contributed by atoms with Crippen molar-refractivity contribution in [1.29, 1.82) is 0 Å². The van der Waals surface area contributed by atoms with E-state index in [0.29, 0.717) is 17.2 Å². The minimum Gasteiger partial charge on any atom is -0.462 e. The lowest BCUT2D eigenvalue weighted by atomic mass is 10.2. The summed E-state index contributed by atoms with van der Waals surface area (Å²) in [5, 5.41) is 0. The van der Waals surface area contributed by atoms with Crippen LogP contribution in [0.4, 0.5) is 5.69 Å². The van der Waals surface area contributed by atoms with Gasteiger partial charge in [-0.1, -0.05) is 0 Å². The maximum Gasteiger partial charge on any atom is 0.350 e. The van der Waals surface area contributed by atoms with Gasteiger partial charge in [0.25, 0.3) is 0 Å². The van der Waals surface area contributed by atoms with Crippen molar-refractivity contribution in [2.45, 2.75) is 13.8 Å². The minimum atomic E-state index is -0.353. The summed E-state index contributed by atoms with van der Waals surface area (Å²) in [6, 6.07) is 0. The predicted molar refractivity (Wildman–Crippen MR) is 70.5 cm³/mol. The van der Waals surface area contributed by atoms with Gasteiger partial charge in [0.1, 0.15) is 4.88 Å². The predicted octanol–water partition coefficient (Wildman–Crippen LogP) is 2.94. The van der Waals surface area contributed by atoms with Gasteiger partial charge in [0, 0.05) is 6.20 Å². The van der Waals surface area contributed by atoms with E-state index in [2.05, 4.69) is 4.98 Å². The second-order valence-corrected chi connectivity index (χ2v) is 5.29. The third kappa shape index (κ3) is 2.18. The van der Waals surface area contributed by atoms with E-state index in [4.69, 9.17) is 10.5 Å². The molecule has 0 spiro atoms. The number of nitrogens with zero attached hydrogens (tertiary/aromatic N) is 1. The number of hydrogen-bond acceptors (Lipinski definition) is 6. The Labute approximate surface area is 107 Å². The number of nitrogens with two attached hydrogens (primary N) is 1. The van der Waals surface area contributed by atoms with Gasteiger partial charge in [-0.15, -0.1) is 22.7 Å². The molecular formula is C11H12N2O2S2. The van der Waals surface area contributed by atoms with Crippen LogP contribution in [0.25, 0.3) is 9.75 Å². The molecule has 2 aromatic rings. The number of hydrogen-bond donors (Lipinski definition) is 1. The number of thiophene rings is 1. The normalized spacial score (nSPS) is 10.5. The van der Waals surface area contributed by atoms with Crippen molar-refractivity contribution in [3.05, 3.63) is 22.1 Å². The van der Waals surface area contributed by atoms with Crippen molar-refractivity contribution in [2.75, 3.05) is 12.3 Å². The smallest absolute Gasteiger partial charge is 0.350 e. The van der Waals surface area contributed by atoms with Crippen LogP contribution in [0.5, 0.6) is 0 Å². The quantitative estimate of drug-likeness (QED) is 0.869. The molecule has 2 aromatic heterocycles. The Morgan fingerprint density at radius 3 is 2.94 bits per heavy atom. The molecule has 17 heavy (non-hydrogen) atoms. The molecule has 0 unspecified atom stereocenters. The fraction of sp³-hybridized carbons (Fsp3) is 0.273. The zero-order valence-electron chi connectivity index (χ0n) is 9.52. The first kappa shape index (κ1) is 12.1. The molecule has 0 aliphatic rings. The number of aromatic nitrogens is 1. The molecule has 0 saturated carbocycles. The van der Waals surface area contributed by atoms with Gasteiger partial charge in [-0.05, 0) is 19.4 Å². The first-order valence-corrected chi connectivity index (χ1v) is 6.79. The Kier molecular flexibility index (Phi) is 3.44. The third-order valence-corrected chi connectivity index (χ3v) is 4.55. The molecule has 0 aliphatic heterocycles. The maximum atomic E-state index is 11.7. The maximum absolute atomic E-state index is 11.7. The number of anilines is 1. The van der Waals surface area contributed by atoms with E-state index < -0.39 is 0 Å². The van der Waals surface area contributed by atoms with E-state index in [9.17, 15) is 4.79 Å². The van der Waals surface area contributed by atoms with Gasteiger partial charge in [0.05, 0.1) is 27.6 Å². The topological polar surface area (TPSA) is 65.2 Å². The molecule has 0 saturated heterocycles. The van der Waals surface area contributed by atoms with E-state index >= 15 is 0 Å². The number of ether oxygens (including phenoxy) is 1. The summed E-state index contributed by atoms with van der Waals surface area (Å²) < 4.78 is 4.97. The molecule has 2 N–H and O–H groups in total. The van der Waals surface area contributed by atoms with E-state index in [1.54, 1.807) is 18.6 Å². The van der Waals surface area contributed by atoms with Crippen LogP contribution in [0.2, 0.25) is 0 Å². The number of nitrogen functional groups attached to an aromatic ring is 1. The number of carbonyl (C=O) groups excluding carboxylic acids is 1.